The maximum atomic E-state index is 9.63. The van der Waals surface area contributed by atoms with E-state index < -0.39 is 0 Å². The third kappa shape index (κ3) is 4.71. The van der Waals surface area contributed by atoms with Crippen LogP contribution in [0.1, 0.15) is 5.56 Å². The van der Waals surface area contributed by atoms with Crippen molar-refractivity contribution < 1.29 is 60.9 Å². The Hall–Kier alpha value is 0.326. The molecule has 0 saturated carbocycles. The van der Waals surface area contributed by atoms with Gasteiger partial charge in [0, 0.05) is 0 Å². The standard InChI is InChI=1S/C8H7O2.K/c9-7-10-6-8-4-2-1-3-5-8;/h1-5H,6H2;/q-1;+1. The molecule has 3 heteroatoms. The smallest absolute Gasteiger partial charge is 0.650 e. The Morgan fingerprint density at radius 3 is 2.45 bits per heavy atom. The maximum Gasteiger partial charge on any atom is 1.00 e. The average Bonchev–Trinajstić information content (AvgIpc) is 2.03. The molecule has 1 aromatic rings. The minimum atomic E-state index is 0. The zero-order chi connectivity index (χ0) is 7.23. The summed E-state index contributed by atoms with van der Waals surface area (Å²) in [5.41, 5.74) is 0.978. The van der Waals surface area contributed by atoms with Crippen LogP contribution in [0.4, 0.5) is 0 Å². The van der Waals surface area contributed by atoms with Crippen molar-refractivity contribution in [2.45, 2.75) is 6.61 Å². The van der Waals surface area contributed by atoms with E-state index in [0.29, 0.717) is 6.61 Å². The SMILES string of the molecule is O=[C-]OCc1ccccc1.[K+]. The molecule has 0 aliphatic heterocycles. The van der Waals surface area contributed by atoms with Crippen LogP contribution in [0.3, 0.4) is 0 Å². The Balaban J connectivity index is 0.000001000. The Morgan fingerprint density at radius 1 is 1.27 bits per heavy atom. The molecule has 0 fully saturated rings. The number of benzene rings is 1. The molecule has 52 valence electrons. The van der Waals surface area contributed by atoms with E-state index in [0.717, 1.165) is 5.56 Å². The molecule has 11 heavy (non-hydrogen) atoms. The van der Waals surface area contributed by atoms with Crippen molar-refractivity contribution in [2.75, 3.05) is 0 Å². The van der Waals surface area contributed by atoms with Crippen molar-refractivity contribution in [1.82, 2.24) is 0 Å². The van der Waals surface area contributed by atoms with E-state index in [1.54, 1.807) is 0 Å². The first kappa shape index (κ1) is 11.3. The van der Waals surface area contributed by atoms with Crippen molar-refractivity contribution in [2.24, 2.45) is 0 Å². The van der Waals surface area contributed by atoms with Gasteiger partial charge in [0.2, 0.25) is 0 Å². The van der Waals surface area contributed by atoms with Crippen LogP contribution in [0.2, 0.25) is 0 Å². The van der Waals surface area contributed by atoms with Gasteiger partial charge < -0.3 is 9.53 Å². The molecular formula is C8H7KO2. The van der Waals surface area contributed by atoms with E-state index in [1.165, 1.54) is 6.47 Å². The molecule has 0 saturated heterocycles. The fourth-order valence-corrected chi connectivity index (χ4v) is 0.687. The molecule has 0 heterocycles. The van der Waals surface area contributed by atoms with Crippen LogP contribution in [0.15, 0.2) is 30.3 Å². The van der Waals surface area contributed by atoms with E-state index in [9.17, 15) is 4.79 Å². The van der Waals surface area contributed by atoms with E-state index >= 15 is 0 Å². The van der Waals surface area contributed by atoms with Crippen LogP contribution >= 0.6 is 0 Å². The number of rotatable bonds is 3. The zero-order valence-corrected chi connectivity index (χ0v) is 9.53. The Kier molecular flexibility index (Phi) is 7.21. The van der Waals surface area contributed by atoms with Gasteiger partial charge in [-0.25, -0.2) is 0 Å². The summed E-state index contributed by atoms with van der Waals surface area (Å²) in [6.45, 7) is 1.68. The molecule has 2 nitrogen and oxygen atoms in total. The normalized spacial score (nSPS) is 8.00. The van der Waals surface area contributed by atoms with Crippen LogP contribution in [0, 0.1) is 0 Å². The monoisotopic (exact) mass is 174 g/mol. The quantitative estimate of drug-likeness (QED) is 0.402. The molecule has 0 atom stereocenters. The van der Waals surface area contributed by atoms with Gasteiger partial charge in [0.25, 0.3) is 0 Å². The van der Waals surface area contributed by atoms with Gasteiger partial charge in [0.1, 0.15) is 0 Å². The minimum absolute atomic E-state index is 0. The molecule has 0 aromatic heterocycles. The second-order valence-corrected chi connectivity index (χ2v) is 1.86. The molecule has 1 aromatic carbocycles. The summed E-state index contributed by atoms with van der Waals surface area (Å²) in [5.74, 6) is 0. The summed E-state index contributed by atoms with van der Waals surface area (Å²) in [6, 6.07) is 9.47. The van der Waals surface area contributed by atoms with E-state index in [1.807, 2.05) is 30.3 Å². The van der Waals surface area contributed by atoms with Crippen LogP contribution < -0.4 is 51.4 Å². The number of hydrogen-bond donors (Lipinski definition) is 0. The minimum Gasteiger partial charge on any atom is -0.650 e. The van der Waals surface area contributed by atoms with Gasteiger partial charge in [0.15, 0.2) is 0 Å². The van der Waals surface area contributed by atoms with E-state index in [-0.39, 0.29) is 51.4 Å². The molecule has 0 aliphatic carbocycles. The van der Waals surface area contributed by atoms with Gasteiger partial charge in [0.05, 0.1) is 6.61 Å². The summed E-state index contributed by atoms with van der Waals surface area (Å²) in [5, 5.41) is 0. The zero-order valence-electron chi connectivity index (χ0n) is 6.41. The van der Waals surface area contributed by atoms with Gasteiger partial charge in [-0.15, -0.1) is 0 Å². The van der Waals surface area contributed by atoms with Crippen molar-refractivity contribution in [1.29, 1.82) is 0 Å². The third-order valence-corrected chi connectivity index (χ3v) is 1.14. The molecule has 0 aliphatic rings. The first-order valence-corrected chi connectivity index (χ1v) is 2.96. The van der Waals surface area contributed by atoms with E-state index in [2.05, 4.69) is 4.74 Å². The molecule has 0 unspecified atom stereocenters. The van der Waals surface area contributed by atoms with Gasteiger partial charge >= 0.3 is 51.4 Å². The third-order valence-electron chi connectivity index (χ3n) is 1.14. The Labute approximate surface area is 108 Å². The second kappa shape index (κ2) is 7.00. The summed E-state index contributed by atoms with van der Waals surface area (Å²) in [6.07, 6.45) is 0. The predicted octanol–water partition coefficient (Wildman–Crippen LogP) is -1.73. The first-order valence-electron chi connectivity index (χ1n) is 2.96. The number of hydrogen-bond acceptors (Lipinski definition) is 2. The molecule has 0 bridgehead atoms. The topological polar surface area (TPSA) is 26.3 Å². The van der Waals surface area contributed by atoms with Gasteiger partial charge in [-0.3, -0.25) is 0 Å². The van der Waals surface area contributed by atoms with Gasteiger partial charge in [-0.2, -0.15) is 0 Å². The van der Waals surface area contributed by atoms with Gasteiger partial charge in [-0.05, 0) is 5.56 Å². The Bertz CT molecular complexity index is 199. The molecular weight excluding hydrogens is 167 g/mol. The van der Waals surface area contributed by atoms with Crippen molar-refractivity contribution in [3.63, 3.8) is 0 Å². The van der Waals surface area contributed by atoms with Crippen LogP contribution in [0.5, 0.6) is 0 Å². The molecule has 0 N–H and O–H groups in total. The fraction of sp³-hybridized carbons (Fsp3) is 0.125. The van der Waals surface area contributed by atoms with E-state index in [4.69, 9.17) is 0 Å². The fourth-order valence-electron chi connectivity index (χ4n) is 0.687. The maximum absolute atomic E-state index is 9.63. The largest absolute Gasteiger partial charge is 1.00 e. The molecule has 1 rings (SSSR count). The molecule has 0 spiro atoms. The van der Waals surface area contributed by atoms with Crippen LogP contribution in [-0.4, -0.2) is 6.47 Å². The van der Waals surface area contributed by atoms with Gasteiger partial charge in [-0.1, -0.05) is 36.8 Å². The summed E-state index contributed by atoms with van der Waals surface area (Å²) in [7, 11) is 0. The van der Waals surface area contributed by atoms with Crippen molar-refractivity contribution >= 4 is 6.47 Å². The first-order chi connectivity index (χ1) is 4.93. The van der Waals surface area contributed by atoms with Crippen LogP contribution in [-0.2, 0) is 16.1 Å². The number of carbonyl (C=O) groups excluding carboxylic acids is 1. The van der Waals surface area contributed by atoms with Crippen molar-refractivity contribution in [3.8, 4) is 0 Å². The Morgan fingerprint density at radius 2 is 1.91 bits per heavy atom. The molecule has 0 radical (unpaired) electrons. The second-order valence-electron chi connectivity index (χ2n) is 1.86. The predicted molar refractivity (Wildman–Crippen MR) is 36.9 cm³/mol. The molecule has 0 amide bonds. The van der Waals surface area contributed by atoms with Crippen molar-refractivity contribution in [3.05, 3.63) is 35.9 Å². The summed E-state index contributed by atoms with van der Waals surface area (Å²) >= 11 is 0. The summed E-state index contributed by atoms with van der Waals surface area (Å²) in [4.78, 5) is 9.63. The average molecular weight is 174 g/mol. The summed E-state index contributed by atoms with van der Waals surface area (Å²) < 4.78 is 4.41. The van der Waals surface area contributed by atoms with Crippen LogP contribution in [0.25, 0.3) is 0 Å². The number of ether oxygens (including phenoxy) is 1.